The summed E-state index contributed by atoms with van der Waals surface area (Å²) in [5.74, 6) is 0.511. The predicted octanol–water partition coefficient (Wildman–Crippen LogP) is 1.94. The fraction of sp³-hybridized carbons (Fsp3) is 0.143. The van der Waals surface area contributed by atoms with E-state index in [0.29, 0.717) is 17.0 Å². The van der Waals surface area contributed by atoms with Crippen LogP contribution in [0.15, 0.2) is 42.6 Å². The molecule has 0 spiro atoms. The maximum Gasteiger partial charge on any atom is 0.255 e. The number of para-hydroxylation sites is 1. The highest BCUT2D eigenvalue weighted by Crippen LogP contribution is 2.33. The predicted molar refractivity (Wildman–Crippen MR) is 71.1 cm³/mol. The molecule has 0 saturated heterocycles. The van der Waals surface area contributed by atoms with E-state index in [4.69, 9.17) is 4.74 Å². The number of anilines is 1. The second-order valence-corrected chi connectivity index (χ2v) is 4.19. The van der Waals surface area contributed by atoms with Crippen LogP contribution in [0.1, 0.15) is 22.2 Å². The van der Waals surface area contributed by atoms with Gasteiger partial charge in [-0.25, -0.2) is 0 Å². The lowest BCUT2D eigenvalue weighted by molar-refractivity contribution is 0.0934. The summed E-state index contributed by atoms with van der Waals surface area (Å²) in [5, 5.41) is 6.12. The molecule has 2 aromatic rings. The lowest BCUT2D eigenvalue weighted by Gasteiger charge is -2.28. The smallest absolute Gasteiger partial charge is 0.255 e. The largest absolute Gasteiger partial charge is 0.495 e. The summed E-state index contributed by atoms with van der Waals surface area (Å²) in [5.41, 5.74) is 2.03. The number of hydrogen-bond acceptors (Lipinski definition) is 4. The van der Waals surface area contributed by atoms with Gasteiger partial charge >= 0.3 is 0 Å². The van der Waals surface area contributed by atoms with Crippen molar-refractivity contribution in [2.75, 3.05) is 12.4 Å². The summed E-state index contributed by atoms with van der Waals surface area (Å²) < 4.78 is 5.28. The van der Waals surface area contributed by atoms with E-state index >= 15 is 0 Å². The molecule has 5 nitrogen and oxygen atoms in total. The number of nitrogens with zero attached hydrogens (tertiary/aromatic N) is 1. The van der Waals surface area contributed by atoms with Gasteiger partial charge in [-0.3, -0.25) is 9.78 Å². The maximum atomic E-state index is 12.1. The molecular weight excluding hydrogens is 242 g/mol. The van der Waals surface area contributed by atoms with E-state index in [2.05, 4.69) is 15.6 Å². The zero-order valence-corrected chi connectivity index (χ0v) is 10.4. The first-order chi connectivity index (χ1) is 9.29. The fourth-order valence-corrected chi connectivity index (χ4v) is 2.12. The van der Waals surface area contributed by atoms with Crippen molar-refractivity contribution in [2.24, 2.45) is 0 Å². The Balaban J connectivity index is 2.02. The summed E-state index contributed by atoms with van der Waals surface area (Å²) in [6.07, 6.45) is 1.35. The van der Waals surface area contributed by atoms with Gasteiger partial charge < -0.3 is 15.4 Å². The Morgan fingerprint density at radius 1 is 1.16 bits per heavy atom. The van der Waals surface area contributed by atoms with Crippen molar-refractivity contribution in [3.63, 3.8) is 0 Å². The van der Waals surface area contributed by atoms with Crippen LogP contribution >= 0.6 is 0 Å². The SMILES string of the molecule is COc1cccc2c1N[C@H](c1ccccn1)NC2=O. The molecule has 2 N–H and O–H groups in total. The van der Waals surface area contributed by atoms with Gasteiger partial charge in [0.05, 0.1) is 24.1 Å². The van der Waals surface area contributed by atoms with Crippen LogP contribution in [-0.2, 0) is 0 Å². The third-order valence-electron chi connectivity index (χ3n) is 3.04. The average molecular weight is 255 g/mol. The van der Waals surface area contributed by atoms with Crippen LogP contribution in [0.5, 0.6) is 5.75 Å². The second-order valence-electron chi connectivity index (χ2n) is 4.19. The van der Waals surface area contributed by atoms with Gasteiger partial charge in [-0.1, -0.05) is 12.1 Å². The Labute approximate surface area is 110 Å². The van der Waals surface area contributed by atoms with E-state index in [1.807, 2.05) is 24.3 Å². The molecule has 2 heterocycles. The molecule has 5 heteroatoms. The monoisotopic (exact) mass is 255 g/mol. The average Bonchev–Trinajstić information content (AvgIpc) is 2.47. The van der Waals surface area contributed by atoms with Crippen molar-refractivity contribution >= 4 is 11.6 Å². The quantitative estimate of drug-likeness (QED) is 0.861. The van der Waals surface area contributed by atoms with Gasteiger partial charge in [0.1, 0.15) is 11.9 Å². The van der Waals surface area contributed by atoms with Crippen molar-refractivity contribution in [1.82, 2.24) is 10.3 Å². The molecule has 1 atom stereocenters. The number of fused-ring (bicyclic) bond motifs is 1. The number of benzene rings is 1. The first-order valence-electron chi connectivity index (χ1n) is 5.95. The number of carbonyl (C=O) groups excluding carboxylic acids is 1. The molecule has 0 bridgehead atoms. The highest BCUT2D eigenvalue weighted by atomic mass is 16.5. The number of ether oxygens (including phenoxy) is 1. The Hall–Kier alpha value is -2.56. The molecule has 0 saturated carbocycles. The molecule has 1 aliphatic heterocycles. The normalized spacial score (nSPS) is 17.1. The van der Waals surface area contributed by atoms with Gasteiger partial charge in [-0.2, -0.15) is 0 Å². The molecule has 0 fully saturated rings. The van der Waals surface area contributed by atoms with Crippen LogP contribution < -0.4 is 15.4 Å². The van der Waals surface area contributed by atoms with Gasteiger partial charge in [0.2, 0.25) is 0 Å². The molecule has 96 valence electrons. The van der Waals surface area contributed by atoms with E-state index < -0.39 is 0 Å². The molecule has 0 unspecified atom stereocenters. The first-order valence-corrected chi connectivity index (χ1v) is 5.95. The number of methoxy groups -OCH3 is 1. The first kappa shape index (κ1) is 11.5. The van der Waals surface area contributed by atoms with Crippen LogP contribution in [0.25, 0.3) is 0 Å². The van der Waals surface area contributed by atoms with Crippen LogP contribution in [0, 0.1) is 0 Å². The summed E-state index contributed by atoms with van der Waals surface area (Å²) in [4.78, 5) is 16.4. The van der Waals surface area contributed by atoms with Crippen LogP contribution in [0.3, 0.4) is 0 Å². The van der Waals surface area contributed by atoms with Crippen LogP contribution in [0.4, 0.5) is 5.69 Å². The Morgan fingerprint density at radius 2 is 2.05 bits per heavy atom. The summed E-state index contributed by atoms with van der Waals surface area (Å²) in [6.45, 7) is 0. The molecule has 3 rings (SSSR count). The van der Waals surface area contributed by atoms with Crippen LogP contribution in [-0.4, -0.2) is 18.0 Å². The number of amides is 1. The minimum atomic E-state index is -0.350. The zero-order valence-electron chi connectivity index (χ0n) is 10.4. The molecule has 1 aromatic heterocycles. The van der Waals surface area contributed by atoms with E-state index in [1.165, 1.54) is 0 Å². The molecule has 1 aromatic carbocycles. The maximum absolute atomic E-state index is 12.1. The number of rotatable bonds is 2. The van der Waals surface area contributed by atoms with E-state index in [1.54, 1.807) is 25.4 Å². The molecular formula is C14H13N3O2. The van der Waals surface area contributed by atoms with E-state index in [-0.39, 0.29) is 12.1 Å². The zero-order chi connectivity index (χ0) is 13.2. The Bertz CT molecular complexity index is 613. The highest BCUT2D eigenvalue weighted by molar-refractivity contribution is 6.03. The number of carbonyl (C=O) groups is 1. The van der Waals surface area contributed by atoms with Gasteiger partial charge in [-0.15, -0.1) is 0 Å². The number of hydrogen-bond donors (Lipinski definition) is 2. The molecule has 0 radical (unpaired) electrons. The van der Waals surface area contributed by atoms with E-state index in [9.17, 15) is 4.79 Å². The van der Waals surface area contributed by atoms with Crippen molar-refractivity contribution in [2.45, 2.75) is 6.17 Å². The summed E-state index contributed by atoms with van der Waals surface area (Å²) >= 11 is 0. The lowest BCUT2D eigenvalue weighted by atomic mass is 10.1. The Morgan fingerprint density at radius 3 is 2.79 bits per heavy atom. The van der Waals surface area contributed by atoms with Gasteiger partial charge in [0, 0.05) is 6.20 Å². The minimum Gasteiger partial charge on any atom is -0.495 e. The van der Waals surface area contributed by atoms with Crippen molar-refractivity contribution < 1.29 is 9.53 Å². The van der Waals surface area contributed by atoms with E-state index in [0.717, 1.165) is 5.69 Å². The fourth-order valence-electron chi connectivity index (χ4n) is 2.12. The molecule has 0 aliphatic carbocycles. The third kappa shape index (κ3) is 1.99. The lowest BCUT2D eigenvalue weighted by Crippen LogP contribution is -2.39. The van der Waals surface area contributed by atoms with Gasteiger partial charge in [-0.05, 0) is 24.3 Å². The van der Waals surface area contributed by atoms with Crippen molar-refractivity contribution in [3.05, 3.63) is 53.9 Å². The standard InChI is InChI=1S/C14H13N3O2/c1-19-11-7-4-5-9-12(11)16-13(17-14(9)18)10-6-2-3-8-15-10/h2-8,13,16H,1H3,(H,17,18)/t13-/m0/s1. The number of nitrogens with one attached hydrogen (secondary N) is 2. The summed E-state index contributed by atoms with van der Waals surface area (Å²) in [7, 11) is 1.58. The minimum absolute atomic E-state index is 0.136. The topological polar surface area (TPSA) is 63.2 Å². The molecule has 19 heavy (non-hydrogen) atoms. The van der Waals surface area contributed by atoms with Crippen molar-refractivity contribution in [3.8, 4) is 5.75 Å². The van der Waals surface area contributed by atoms with Gasteiger partial charge in [0.25, 0.3) is 5.91 Å². The van der Waals surface area contributed by atoms with Gasteiger partial charge in [0.15, 0.2) is 0 Å². The third-order valence-corrected chi connectivity index (χ3v) is 3.04. The molecule has 1 aliphatic rings. The second kappa shape index (κ2) is 4.61. The Kier molecular flexibility index (Phi) is 2.79. The highest BCUT2D eigenvalue weighted by Gasteiger charge is 2.27. The van der Waals surface area contributed by atoms with Crippen molar-refractivity contribution in [1.29, 1.82) is 0 Å². The number of aromatic nitrogens is 1. The van der Waals surface area contributed by atoms with Crippen LogP contribution in [0.2, 0.25) is 0 Å². The summed E-state index contributed by atoms with van der Waals surface area (Å²) in [6, 6.07) is 10.9. The molecule has 1 amide bonds. The number of pyridine rings is 1.